The molecular weight excluding hydrogens is 345 g/mol. The molecular formula is C14H15F3N4O4. The fourth-order valence-electron chi connectivity index (χ4n) is 1.42. The van der Waals surface area contributed by atoms with E-state index in [1.807, 2.05) is 12.3 Å². The Hall–Kier alpha value is -2.66. The standard InChI is InChI=1S/C12H15N4O2.C2HF3O2/c17-7-9-18-8-6-16-5-2-11(10-15-16)12-13-3-1-4-14-12;3-2(4,5)1(6)7/h1-5,10,17H,6-9H2;(H,6,7)/q+1;/p-1. The van der Waals surface area contributed by atoms with E-state index in [1.54, 1.807) is 29.3 Å². The first-order valence-electron chi connectivity index (χ1n) is 6.94. The zero-order valence-electron chi connectivity index (χ0n) is 12.9. The van der Waals surface area contributed by atoms with Gasteiger partial charge in [-0.1, -0.05) is 4.68 Å². The van der Waals surface area contributed by atoms with Crippen molar-refractivity contribution in [2.24, 2.45) is 0 Å². The molecule has 0 bridgehead atoms. The van der Waals surface area contributed by atoms with Crippen LogP contribution in [0.3, 0.4) is 0 Å². The lowest BCUT2D eigenvalue weighted by atomic mass is 10.3. The number of nitrogens with zero attached hydrogens (tertiary/aromatic N) is 4. The summed E-state index contributed by atoms with van der Waals surface area (Å²) in [6.07, 6.45) is 1.79. The number of aliphatic hydroxyl groups is 1. The van der Waals surface area contributed by atoms with Gasteiger partial charge >= 0.3 is 6.18 Å². The number of carboxylic acids is 1. The van der Waals surface area contributed by atoms with Gasteiger partial charge in [-0.2, -0.15) is 13.2 Å². The quantitative estimate of drug-likeness (QED) is 0.527. The van der Waals surface area contributed by atoms with E-state index in [1.165, 1.54) is 0 Å². The summed E-state index contributed by atoms with van der Waals surface area (Å²) in [6, 6.07) is 3.69. The van der Waals surface area contributed by atoms with E-state index in [-0.39, 0.29) is 6.61 Å². The van der Waals surface area contributed by atoms with Crippen molar-refractivity contribution in [1.82, 2.24) is 15.1 Å². The lowest BCUT2D eigenvalue weighted by Gasteiger charge is -2.03. The van der Waals surface area contributed by atoms with Crippen molar-refractivity contribution in [3.05, 3.63) is 36.9 Å². The minimum absolute atomic E-state index is 0.0440. The van der Waals surface area contributed by atoms with E-state index < -0.39 is 12.1 Å². The zero-order chi connectivity index (χ0) is 18.7. The van der Waals surface area contributed by atoms with Crippen LogP contribution in [0.1, 0.15) is 0 Å². The summed E-state index contributed by atoms with van der Waals surface area (Å²) in [5, 5.41) is 21.6. The van der Waals surface area contributed by atoms with Crippen LogP contribution in [0.4, 0.5) is 13.2 Å². The predicted molar refractivity (Wildman–Crippen MR) is 74.4 cm³/mol. The maximum absolute atomic E-state index is 10.5. The number of alkyl halides is 3. The summed E-state index contributed by atoms with van der Waals surface area (Å²) >= 11 is 0. The van der Waals surface area contributed by atoms with Gasteiger partial charge < -0.3 is 19.7 Å². The molecule has 1 N–H and O–H groups in total. The van der Waals surface area contributed by atoms with E-state index in [0.717, 1.165) is 5.56 Å². The van der Waals surface area contributed by atoms with Gasteiger partial charge in [-0.15, -0.1) is 0 Å². The Bertz CT molecular complexity index is 639. The number of hydrogen-bond donors (Lipinski definition) is 1. The largest absolute Gasteiger partial charge is 0.542 e. The van der Waals surface area contributed by atoms with Crippen molar-refractivity contribution in [2.75, 3.05) is 19.8 Å². The second kappa shape index (κ2) is 10.3. The highest BCUT2D eigenvalue weighted by molar-refractivity contribution is 5.70. The van der Waals surface area contributed by atoms with Gasteiger partial charge in [0.25, 0.3) is 0 Å². The van der Waals surface area contributed by atoms with E-state index in [2.05, 4.69) is 15.1 Å². The molecule has 2 rings (SSSR count). The highest BCUT2D eigenvalue weighted by Crippen LogP contribution is 2.11. The van der Waals surface area contributed by atoms with Gasteiger partial charge in [-0.3, -0.25) is 0 Å². The molecule has 0 radical (unpaired) electrons. The lowest BCUT2D eigenvalue weighted by Crippen LogP contribution is -2.39. The summed E-state index contributed by atoms with van der Waals surface area (Å²) in [7, 11) is 0. The van der Waals surface area contributed by atoms with Crippen molar-refractivity contribution in [2.45, 2.75) is 12.7 Å². The van der Waals surface area contributed by atoms with Crippen molar-refractivity contribution in [1.29, 1.82) is 0 Å². The van der Waals surface area contributed by atoms with Crippen LogP contribution in [0, 0.1) is 0 Å². The number of aromatic nitrogens is 4. The maximum atomic E-state index is 10.5. The lowest BCUT2D eigenvalue weighted by molar-refractivity contribution is -0.754. The minimum atomic E-state index is -5.19. The third-order valence-electron chi connectivity index (χ3n) is 2.53. The molecule has 0 fully saturated rings. The van der Waals surface area contributed by atoms with Crippen LogP contribution in [-0.2, 0) is 16.1 Å². The number of halogens is 3. The highest BCUT2D eigenvalue weighted by Gasteiger charge is 2.28. The minimum Gasteiger partial charge on any atom is -0.542 e. The Kier molecular flexibility index (Phi) is 8.36. The fraction of sp³-hybridized carbons (Fsp3) is 0.357. The monoisotopic (exact) mass is 360 g/mol. The molecule has 0 unspecified atom stereocenters. The van der Waals surface area contributed by atoms with E-state index in [0.29, 0.717) is 25.6 Å². The van der Waals surface area contributed by atoms with Gasteiger partial charge in [-0.25, -0.2) is 9.97 Å². The van der Waals surface area contributed by atoms with E-state index >= 15 is 0 Å². The number of rotatable bonds is 6. The summed E-state index contributed by atoms with van der Waals surface area (Å²) in [5.41, 5.74) is 0.878. The highest BCUT2D eigenvalue weighted by atomic mass is 19.4. The number of aliphatic carboxylic acids is 1. The topological polar surface area (TPSA) is 112 Å². The summed E-state index contributed by atoms with van der Waals surface area (Å²) in [5.74, 6) is -2.35. The molecule has 2 aromatic rings. The van der Waals surface area contributed by atoms with Crippen molar-refractivity contribution in [3.63, 3.8) is 0 Å². The Morgan fingerprint density at radius 3 is 2.40 bits per heavy atom. The maximum Gasteiger partial charge on any atom is 0.430 e. The molecule has 0 spiro atoms. The molecule has 0 atom stereocenters. The number of carbonyl (C=O) groups excluding carboxylic acids is 1. The zero-order valence-corrected chi connectivity index (χ0v) is 12.9. The third kappa shape index (κ3) is 8.13. The van der Waals surface area contributed by atoms with Gasteiger partial charge in [0.15, 0.2) is 18.6 Å². The molecule has 8 nitrogen and oxygen atoms in total. The van der Waals surface area contributed by atoms with E-state index in [4.69, 9.17) is 19.7 Å². The molecule has 0 aliphatic carbocycles. The first-order valence-corrected chi connectivity index (χ1v) is 6.94. The molecule has 0 saturated heterocycles. The van der Waals surface area contributed by atoms with Gasteiger partial charge in [0.05, 0.1) is 13.2 Å². The number of carboxylic acid groups (broad SMARTS) is 1. The number of carbonyl (C=O) groups is 1. The molecule has 2 aromatic heterocycles. The molecule has 0 saturated carbocycles. The third-order valence-corrected chi connectivity index (χ3v) is 2.53. The number of aliphatic hydroxyl groups excluding tert-OH is 1. The Morgan fingerprint density at radius 1 is 1.28 bits per heavy atom. The SMILES string of the molecule is O=C([O-])C(F)(F)F.OCCOCC[n+]1ccc(-c2ncccn2)cn1. The molecule has 136 valence electrons. The predicted octanol–water partition coefficient (Wildman–Crippen LogP) is -0.866. The van der Waals surface area contributed by atoms with Gasteiger partial charge in [0.1, 0.15) is 18.8 Å². The fourth-order valence-corrected chi connectivity index (χ4v) is 1.42. The molecule has 0 aliphatic heterocycles. The van der Waals surface area contributed by atoms with Crippen LogP contribution in [0.25, 0.3) is 11.4 Å². The Labute approximate surface area is 140 Å². The van der Waals surface area contributed by atoms with Crippen molar-refractivity contribution >= 4 is 5.97 Å². The molecule has 0 aromatic carbocycles. The number of hydrogen-bond acceptors (Lipinski definition) is 7. The van der Waals surface area contributed by atoms with Crippen molar-refractivity contribution < 1.29 is 37.6 Å². The first-order chi connectivity index (χ1) is 11.8. The summed E-state index contributed by atoms with van der Waals surface area (Å²) in [6.45, 7) is 1.58. The smallest absolute Gasteiger partial charge is 0.430 e. The summed E-state index contributed by atoms with van der Waals surface area (Å²) < 4.78 is 38.5. The number of ether oxygens (including phenoxy) is 1. The molecule has 11 heteroatoms. The molecule has 0 amide bonds. The average molecular weight is 360 g/mol. The van der Waals surface area contributed by atoms with Gasteiger partial charge in [0.2, 0.25) is 0 Å². The van der Waals surface area contributed by atoms with Crippen LogP contribution in [-0.4, -0.2) is 52.1 Å². The van der Waals surface area contributed by atoms with Crippen LogP contribution < -0.4 is 9.79 Å². The van der Waals surface area contributed by atoms with Gasteiger partial charge in [0, 0.05) is 24.0 Å². The van der Waals surface area contributed by atoms with Crippen LogP contribution >= 0.6 is 0 Å². The first kappa shape index (κ1) is 20.4. The molecule has 25 heavy (non-hydrogen) atoms. The Morgan fingerprint density at radius 2 is 1.92 bits per heavy atom. The van der Waals surface area contributed by atoms with Crippen LogP contribution in [0.15, 0.2) is 36.9 Å². The Balaban J connectivity index is 0.000000381. The van der Waals surface area contributed by atoms with Crippen LogP contribution in [0.2, 0.25) is 0 Å². The second-order valence-electron chi connectivity index (χ2n) is 4.37. The summed E-state index contributed by atoms with van der Waals surface area (Å²) in [4.78, 5) is 17.1. The van der Waals surface area contributed by atoms with Crippen LogP contribution in [0.5, 0.6) is 0 Å². The molecule has 2 heterocycles. The second-order valence-corrected chi connectivity index (χ2v) is 4.37. The average Bonchev–Trinajstić information content (AvgIpc) is 2.60. The van der Waals surface area contributed by atoms with Gasteiger partial charge in [-0.05, 0) is 11.2 Å². The van der Waals surface area contributed by atoms with Crippen molar-refractivity contribution in [3.8, 4) is 11.4 Å². The molecule has 0 aliphatic rings. The van der Waals surface area contributed by atoms with E-state index in [9.17, 15) is 13.2 Å². The normalized spacial score (nSPS) is 10.7.